The molecule has 12 unspecified atom stereocenters. The number of nitrogens with zero attached hydrogens (tertiary/aromatic N) is 9. The molecule has 0 aliphatic carbocycles. The van der Waals surface area contributed by atoms with Crippen molar-refractivity contribution in [3.8, 4) is 0 Å². The Morgan fingerprint density at radius 1 is 0.228 bits per heavy atom. The number of amides is 12. The van der Waals surface area contributed by atoms with Crippen molar-refractivity contribution in [3.63, 3.8) is 0 Å². The average molecular weight is 2820 g/mol. The van der Waals surface area contributed by atoms with Gasteiger partial charge >= 0.3 is 18.1 Å². The maximum absolute atomic E-state index is 15.0. The molecule has 0 saturated heterocycles. The highest BCUT2D eigenvalue weighted by Crippen LogP contribution is 2.42. The Morgan fingerprint density at radius 2 is 0.346 bits per heavy atom. The van der Waals surface area contributed by atoms with Crippen LogP contribution in [0.15, 0.2) is 0 Å². The standard InChI is InChI=1S/C73H109I9N12O33/c1-86(71(125)83-62-56(77)47(65(119)89(10-35(107)22-95)11-36(108)23-96)53(74)48(57(62)78)66(120)90(12-37(109)24-97)13-38(110)25-98)7-4-34(5-8-87(2)72(126)84-63-58(79)49(67(121)91(14-39(111)26-99)15-40(112)27-100)54(75)50(59(63)80)68(122)92(16-41(113)28-101)17-42(114)29-102)6-9-88(3)73(127)85-64-60(81)51(69(123)93(18-43(115)30-103)19-44(116)31-104)55(76)52(61(64)82)70(124)94(20-45(117)32-105)21-46(118)33-106/h34-46,95-118H,4-33H2,1-3H3,(H,83,125)(H,84,126)(H,85,127). The summed E-state index contributed by atoms with van der Waals surface area (Å²) in [6.07, 6.45) is -19.7. The van der Waals surface area contributed by atoms with Crippen LogP contribution in [0.25, 0.3) is 0 Å². The van der Waals surface area contributed by atoms with Crippen molar-refractivity contribution in [2.45, 2.75) is 92.5 Å². The minimum absolute atomic E-state index is 0.0423. The van der Waals surface area contributed by atoms with E-state index in [1.165, 1.54) is 21.1 Å². The third-order valence-corrected chi connectivity index (χ3v) is 28.7. The Bertz CT molecular complexity index is 3480. The molecule has 0 aliphatic rings. The zero-order valence-corrected chi connectivity index (χ0v) is 88.0. The van der Waals surface area contributed by atoms with Gasteiger partial charge in [-0.3, -0.25) is 28.8 Å². The number of halogens is 9. The Balaban J connectivity index is 2.48. The van der Waals surface area contributed by atoms with E-state index < -0.39 is 291 Å². The second-order valence-electron chi connectivity index (χ2n) is 29.3. The average Bonchev–Trinajstić information content (AvgIpc) is 0.765. The van der Waals surface area contributed by atoms with Crippen LogP contribution in [0.2, 0.25) is 0 Å². The van der Waals surface area contributed by atoms with Crippen molar-refractivity contribution in [1.29, 1.82) is 0 Å². The summed E-state index contributed by atoms with van der Waals surface area (Å²) in [7, 11) is 4.00. The van der Waals surface area contributed by atoms with Gasteiger partial charge in [-0.1, -0.05) is 0 Å². The quantitative estimate of drug-likeness (QED) is 0.0235. The van der Waals surface area contributed by atoms with E-state index in [1.807, 2.05) is 0 Å². The molecule has 0 fully saturated rings. The lowest BCUT2D eigenvalue weighted by molar-refractivity contribution is 0.0203. The number of aliphatic hydroxyl groups excluding tert-OH is 24. The summed E-state index contributed by atoms with van der Waals surface area (Å²) in [6, 6.07) is -2.82. The van der Waals surface area contributed by atoms with Gasteiger partial charge in [0.2, 0.25) is 0 Å². The molecule has 3 aromatic rings. The molecular formula is C73H109I9N12O33. The highest BCUT2D eigenvalue weighted by molar-refractivity contribution is 14.1. The van der Waals surface area contributed by atoms with Gasteiger partial charge in [0, 0.05) is 130 Å². The Labute approximate surface area is 852 Å². The van der Waals surface area contributed by atoms with E-state index in [2.05, 4.69) is 16.0 Å². The fourth-order valence-corrected chi connectivity index (χ4v) is 25.1. The van der Waals surface area contributed by atoms with Gasteiger partial charge in [0.05, 0.1) is 224 Å². The van der Waals surface area contributed by atoms with Crippen LogP contribution in [0.5, 0.6) is 0 Å². The van der Waals surface area contributed by atoms with E-state index in [0.717, 1.165) is 44.1 Å². The molecule has 0 aliphatic heterocycles. The van der Waals surface area contributed by atoms with Gasteiger partial charge in [-0.05, 0) is 228 Å². The van der Waals surface area contributed by atoms with Gasteiger partial charge in [0.25, 0.3) is 35.4 Å². The first kappa shape index (κ1) is 119. The molecule has 0 aromatic heterocycles. The number of anilines is 3. The molecule has 45 nitrogen and oxygen atoms in total. The van der Waals surface area contributed by atoms with Crippen LogP contribution in [0.3, 0.4) is 0 Å². The summed E-state index contributed by atoms with van der Waals surface area (Å²) < 4.78 is -0.835. The molecule has 3 aromatic carbocycles. The smallest absolute Gasteiger partial charge is 0.321 e. The van der Waals surface area contributed by atoms with Crippen LogP contribution in [-0.2, 0) is 0 Å². The molecule has 54 heteroatoms. The lowest BCUT2D eigenvalue weighted by Gasteiger charge is -2.31. The summed E-state index contributed by atoms with van der Waals surface area (Å²) >= 11 is 15.2. The van der Waals surface area contributed by atoms with Crippen LogP contribution < -0.4 is 16.0 Å². The predicted molar refractivity (Wildman–Crippen MR) is 529 cm³/mol. The molecule has 722 valence electrons. The zero-order chi connectivity index (χ0) is 96.6. The molecule has 12 atom stereocenters. The largest absolute Gasteiger partial charge is 0.394 e. The monoisotopic (exact) mass is 2820 g/mol. The second kappa shape index (κ2) is 59.1. The molecule has 0 heterocycles. The first-order valence-corrected chi connectivity index (χ1v) is 48.3. The van der Waals surface area contributed by atoms with Gasteiger partial charge in [0.15, 0.2) is 0 Å². The first-order valence-electron chi connectivity index (χ1n) is 38.6. The summed E-state index contributed by atoms with van der Waals surface area (Å²) in [5.41, 5.74) is -2.77. The number of benzene rings is 3. The predicted octanol–water partition coefficient (Wildman–Crippen LogP) is -5.40. The van der Waals surface area contributed by atoms with Crippen LogP contribution in [0, 0.1) is 38.0 Å². The Kier molecular flexibility index (Phi) is 55.4. The number of nitrogens with one attached hydrogen (secondary N) is 3. The topological polar surface area (TPSA) is 704 Å². The van der Waals surface area contributed by atoms with Crippen molar-refractivity contribution in [2.24, 2.45) is 5.92 Å². The highest BCUT2D eigenvalue weighted by atomic mass is 127. The van der Waals surface area contributed by atoms with Crippen molar-refractivity contribution >= 4 is 274 Å². The van der Waals surface area contributed by atoms with Gasteiger partial charge in [-0.2, -0.15) is 0 Å². The minimum Gasteiger partial charge on any atom is -0.394 e. The van der Waals surface area contributed by atoms with Gasteiger partial charge in [-0.25, -0.2) is 14.4 Å². The molecule has 0 saturated carbocycles. The third-order valence-electron chi connectivity index (χ3n) is 19.0. The first-order chi connectivity index (χ1) is 59.6. The molecule has 0 spiro atoms. The molecule has 0 bridgehead atoms. The van der Waals surface area contributed by atoms with E-state index in [1.54, 1.807) is 203 Å². The van der Waals surface area contributed by atoms with Crippen LogP contribution in [0.1, 0.15) is 81.4 Å². The lowest BCUT2D eigenvalue weighted by atomic mass is 9.96. The molecular weight excluding hydrogens is 2710 g/mol. The number of urea groups is 3. The Hall–Kier alpha value is -2.10. The second-order valence-corrected chi connectivity index (χ2v) is 39.0. The maximum Gasteiger partial charge on any atom is 0.321 e. The molecule has 0 radical (unpaired) electrons. The number of carbonyl (C=O) groups is 9. The fraction of sp³-hybridized carbons (Fsp3) is 0.630. The van der Waals surface area contributed by atoms with E-state index >= 15 is 0 Å². The maximum atomic E-state index is 15.0. The van der Waals surface area contributed by atoms with E-state index in [9.17, 15) is 166 Å². The Morgan fingerprint density at radius 3 is 0.457 bits per heavy atom. The molecule has 27 N–H and O–H groups in total. The minimum atomic E-state index is -1.63. The van der Waals surface area contributed by atoms with Crippen molar-refractivity contribution in [3.05, 3.63) is 65.5 Å². The van der Waals surface area contributed by atoms with Crippen molar-refractivity contribution in [2.75, 3.05) is 215 Å². The van der Waals surface area contributed by atoms with Crippen LogP contribution in [0.4, 0.5) is 31.4 Å². The lowest BCUT2D eigenvalue weighted by Crippen LogP contribution is -2.46. The third kappa shape index (κ3) is 35.1. The van der Waals surface area contributed by atoms with Crippen LogP contribution in [-0.4, -0.2) is 492 Å². The van der Waals surface area contributed by atoms with Gasteiger partial charge < -0.3 is 183 Å². The van der Waals surface area contributed by atoms with E-state index in [4.69, 9.17) is 0 Å². The summed E-state index contributed by atoms with van der Waals surface area (Å²) in [4.78, 5) is 143. The van der Waals surface area contributed by atoms with E-state index in [-0.39, 0.29) is 121 Å². The summed E-state index contributed by atoms with van der Waals surface area (Å²) in [6.45, 7) is -19.4. The molecule has 12 amide bonds. The number of hydrogen-bond acceptors (Lipinski definition) is 33. The fourth-order valence-electron chi connectivity index (χ4n) is 12.1. The normalized spacial score (nSPS) is 14.6. The van der Waals surface area contributed by atoms with E-state index in [0.29, 0.717) is 0 Å². The number of hydrogen-bond donors (Lipinski definition) is 27. The van der Waals surface area contributed by atoms with Crippen molar-refractivity contribution in [1.82, 2.24) is 44.1 Å². The van der Waals surface area contributed by atoms with Crippen LogP contribution >= 0.6 is 203 Å². The number of rotatable bonds is 54. The summed E-state index contributed by atoms with van der Waals surface area (Å²) in [5.74, 6) is -6.88. The molecule has 127 heavy (non-hydrogen) atoms. The van der Waals surface area contributed by atoms with Gasteiger partial charge in [-0.15, -0.1) is 0 Å². The number of carbonyl (C=O) groups excluding carboxylic acids is 9. The van der Waals surface area contributed by atoms with Crippen molar-refractivity contribution < 1.29 is 166 Å². The SMILES string of the molecule is CN(CCC(CCN(C)C(=O)Nc1c(I)c(C(=O)N(CC(O)CO)CC(O)CO)c(I)c(C(=O)N(CC(O)CO)CC(O)CO)c1I)CCN(C)C(=O)Nc1c(I)c(C(=O)N(CC(O)CO)CC(O)CO)c(I)c(C(=O)N(CC(O)CO)CC(O)CO)c1I)C(=O)Nc1c(I)c(C(=O)N(CC(O)CO)CC(O)CO)c(I)c(C(=O)N(CC(O)CO)CC(O)CO)c1I. The highest BCUT2D eigenvalue weighted by Gasteiger charge is 2.40. The summed E-state index contributed by atoms with van der Waals surface area (Å²) in [5, 5.41) is 255. The van der Waals surface area contributed by atoms with Gasteiger partial charge in [0.1, 0.15) is 0 Å². The number of aliphatic hydroxyl groups is 24. The zero-order valence-electron chi connectivity index (χ0n) is 68.6. The molecule has 3 rings (SSSR count).